The molecule has 1 aromatic rings. The number of carbonyl (C=O) groups excluding carboxylic acids is 1. The highest BCUT2D eigenvalue weighted by Crippen LogP contribution is 2.38. The lowest BCUT2D eigenvalue weighted by Crippen LogP contribution is -2.39. The predicted molar refractivity (Wildman–Crippen MR) is 69.9 cm³/mol. The molecule has 1 amide bonds. The lowest BCUT2D eigenvalue weighted by molar-refractivity contribution is -0.128. The van der Waals surface area contributed by atoms with Crippen LogP contribution in [0.3, 0.4) is 0 Å². The van der Waals surface area contributed by atoms with Crippen LogP contribution < -0.4 is 5.32 Å². The molecule has 2 rings (SSSR count). The fourth-order valence-electron chi connectivity index (χ4n) is 2.34. The van der Waals surface area contributed by atoms with Crippen LogP contribution in [0.15, 0.2) is 6.20 Å². The first-order valence-electron chi connectivity index (χ1n) is 6.22. The summed E-state index contributed by atoms with van der Waals surface area (Å²) >= 11 is 1.58. The number of aromatic nitrogens is 1. The van der Waals surface area contributed by atoms with Crippen molar-refractivity contribution in [3.8, 4) is 6.07 Å². The molecule has 1 aliphatic rings. The van der Waals surface area contributed by atoms with E-state index in [1.807, 2.05) is 13.8 Å². The Hall–Kier alpha value is -1.41. The normalized spacial score (nSPS) is 19.2. The number of hydrogen-bond acceptors (Lipinski definition) is 4. The van der Waals surface area contributed by atoms with Crippen molar-refractivity contribution in [1.82, 2.24) is 10.3 Å². The van der Waals surface area contributed by atoms with E-state index in [-0.39, 0.29) is 11.9 Å². The van der Waals surface area contributed by atoms with Gasteiger partial charge in [-0.1, -0.05) is 12.8 Å². The van der Waals surface area contributed by atoms with E-state index in [2.05, 4.69) is 16.4 Å². The van der Waals surface area contributed by atoms with Crippen LogP contribution in [0.5, 0.6) is 0 Å². The molecule has 5 heteroatoms. The van der Waals surface area contributed by atoms with E-state index in [9.17, 15) is 10.1 Å². The van der Waals surface area contributed by atoms with E-state index < -0.39 is 5.41 Å². The molecule has 1 fully saturated rings. The van der Waals surface area contributed by atoms with Crippen LogP contribution in [0.25, 0.3) is 0 Å². The molecule has 1 saturated carbocycles. The number of aryl methyl sites for hydroxylation is 1. The van der Waals surface area contributed by atoms with Gasteiger partial charge in [-0.15, -0.1) is 11.3 Å². The smallest absolute Gasteiger partial charge is 0.241 e. The largest absolute Gasteiger partial charge is 0.346 e. The molecule has 0 bridgehead atoms. The summed E-state index contributed by atoms with van der Waals surface area (Å²) in [5.41, 5.74) is -0.805. The zero-order valence-corrected chi connectivity index (χ0v) is 11.5. The maximum atomic E-state index is 12.2. The molecule has 1 aromatic heterocycles. The number of rotatable bonds is 3. The zero-order chi connectivity index (χ0) is 13.2. The van der Waals surface area contributed by atoms with Crippen LogP contribution >= 0.6 is 11.3 Å². The van der Waals surface area contributed by atoms with Crippen LogP contribution in [0.1, 0.15) is 48.5 Å². The summed E-state index contributed by atoms with van der Waals surface area (Å²) in [5, 5.41) is 13.1. The SMILES string of the molecule is Cc1cnc(C(C)NC(=O)C2(C#N)CCCC2)s1. The average molecular weight is 263 g/mol. The highest BCUT2D eigenvalue weighted by Gasteiger charge is 2.42. The van der Waals surface area contributed by atoms with Crippen LogP contribution in [0, 0.1) is 23.7 Å². The summed E-state index contributed by atoms with van der Waals surface area (Å²) < 4.78 is 0. The van der Waals surface area contributed by atoms with E-state index >= 15 is 0 Å². The van der Waals surface area contributed by atoms with E-state index in [0.29, 0.717) is 12.8 Å². The van der Waals surface area contributed by atoms with E-state index in [0.717, 1.165) is 22.7 Å². The topological polar surface area (TPSA) is 65.8 Å². The van der Waals surface area contributed by atoms with Gasteiger partial charge in [-0.2, -0.15) is 5.26 Å². The second-order valence-electron chi connectivity index (χ2n) is 4.91. The number of nitriles is 1. The van der Waals surface area contributed by atoms with Crippen molar-refractivity contribution in [3.63, 3.8) is 0 Å². The lowest BCUT2D eigenvalue weighted by Gasteiger charge is -2.21. The second kappa shape index (κ2) is 5.07. The molecular weight excluding hydrogens is 246 g/mol. The molecule has 1 atom stereocenters. The Morgan fingerprint density at radius 3 is 2.78 bits per heavy atom. The highest BCUT2D eigenvalue weighted by atomic mass is 32.1. The van der Waals surface area contributed by atoms with Gasteiger partial charge in [0.2, 0.25) is 5.91 Å². The van der Waals surface area contributed by atoms with E-state index in [1.54, 1.807) is 17.5 Å². The zero-order valence-electron chi connectivity index (χ0n) is 10.7. The standard InChI is InChI=1S/C13H17N3OS/c1-9-7-15-11(18-9)10(2)16-12(17)13(8-14)5-3-4-6-13/h7,10H,3-6H2,1-2H3,(H,16,17). The van der Waals surface area contributed by atoms with Gasteiger partial charge in [-0.3, -0.25) is 4.79 Å². The summed E-state index contributed by atoms with van der Waals surface area (Å²) in [6, 6.07) is 2.09. The van der Waals surface area contributed by atoms with Crippen molar-refractivity contribution in [1.29, 1.82) is 5.26 Å². The number of nitrogens with zero attached hydrogens (tertiary/aromatic N) is 2. The van der Waals surface area contributed by atoms with Gasteiger partial charge in [0.1, 0.15) is 10.4 Å². The third kappa shape index (κ3) is 2.39. The van der Waals surface area contributed by atoms with Gasteiger partial charge in [-0.25, -0.2) is 4.98 Å². The van der Waals surface area contributed by atoms with Gasteiger partial charge in [0, 0.05) is 11.1 Å². The first-order chi connectivity index (χ1) is 8.57. The van der Waals surface area contributed by atoms with E-state index in [4.69, 9.17) is 0 Å². The molecule has 96 valence electrons. The van der Waals surface area contributed by atoms with Gasteiger partial charge in [0.05, 0.1) is 12.1 Å². The van der Waals surface area contributed by atoms with Gasteiger partial charge >= 0.3 is 0 Å². The second-order valence-corrected chi connectivity index (χ2v) is 6.17. The van der Waals surface area contributed by atoms with Crippen LogP contribution in [-0.4, -0.2) is 10.9 Å². The highest BCUT2D eigenvalue weighted by molar-refractivity contribution is 7.11. The van der Waals surface area contributed by atoms with Crippen molar-refractivity contribution < 1.29 is 4.79 Å². The molecule has 0 saturated heterocycles. The summed E-state index contributed by atoms with van der Waals surface area (Å²) in [6.45, 7) is 3.90. The van der Waals surface area contributed by atoms with Crippen LogP contribution in [0.2, 0.25) is 0 Å². The van der Waals surface area contributed by atoms with Crippen molar-refractivity contribution in [2.75, 3.05) is 0 Å². The molecule has 0 aliphatic heterocycles. The minimum atomic E-state index is -0.805. The van der Waals surface area contributed by atoms with Crippen LogP contribution in [0.4, 0.5) is 0 Å². The van der Waals surface area contributed by atoms with E-state index in [1.165, 1.54) is 0 Å². The maximum absolute atomic E-state index is 12.2. The first kappa shape index (κ1) is 13.0. The molecule has 0 spiro atoms. The molecule has 0 aromatic carbocycles. The number of nitrogens with one attached hydrogen (secondary N) is 1. The predicted octanol–water partition coefficient (Wildman–Crippen LogP) is 2.71. The Morgan fingerprint density at radius 1 is 1.61 bits per heavy atom. The van der Waals surface area contributed by atoms with Gasteiger partial charge in [0.15, 0.2) is 0 Å². The number of thiazole rings is 1. The van der Waals surface area contributed by atoms with Gasteiger partial charge < -0.3 is 5.32 Å². The molecule has 0 radical (unpaired) electrons. The Morgan fingerprint density at radius 2 is 2.28 bits per heavy atom. The monoisotopic (exact) mass is 263 g/mol. The maximum Gasteiger partial charge on any atom is 0.241 e. The minimum Gasteiger partial charge on any atom is -0.346 e. The lowest BCUT2D eigenvalue weighted by atomic mass is 9.87. The molecule has 1 N–H and O–H groups in total. The van der Waals surface area contributed by atoms with Gasteiger partial charge in [-0.05, 0) is 26.7 Å². The van der Waals surface area contributed by atoms with Crippen LogP contribution in [-0.2, 0) is 4.79 Å². The molecule has 1 unspecified atom stereocenters. The molecule has 1 heterocycles. The Labute approximate surface area is 111 Å². The first-order valence-corrected chi connectivity index (χ1v) is 7.03. The van der Waals surface area contributed by atoms with Crippen molar-refractivity contribution in [2.24, 2.45) is 5.41 Å². The quantitative estimate of drug-likeness (QED) is 0.911. The molecular formula is C13H17N3OS. The third-order valence-corrected chi connectivity index (χ3v) is 4.56. The molecule has 1 aliphatic carbocycles. The Bertz CT molecular complexity index is 483. The summed E-state index contributed by atoms with van der Waals surface area (Å²) in [7, 11) is 0. The fourth-order valence-corrected chi connectivity index (χ4v) is 3.11. The third-order valence-electron chi connectivity index (χ3n) is 3.46. The van der Waals surface area contributed by atoms with Crippen molar-refractivity contribution in [2.45, 2.75) is 45.6 Å². The molecule has 4 nitrogen and oxygen atoms in total. The number of carbonyl (C=O) groups is 1. The Kier molecular flexibility index (Phi) is 3.67. The minimum absolute atomic E-state index is 0.123. The Balaban J connectivity index is 2.05. The summed E-state index contributed by atoms with van der Waals surface area (Å²) in [5.74, 6) is -0.136. The fraction of sp³-hybridized carbons (Fsp3) is 0.615. The summed E-state index contributed by atoms with van der Waals surface area (Å²) in [6.07, 6.45) is 5.09. The summed E-state index contributed by atoms with van der Waals surface area (Å²) in [4.78, 5) is 17.6. The number of hydrogen-bond donors (Lipinski definition) is 1. The van der Waals surface area contributed by atoms with Gasteiger partial charge in [0.25, 0.3) is 0 Å². The average Bonchev–Trinajstić information content (AvgIpc) is 2.97. The van der Waals surface area contributed by atoms with Crippen molar-refractivity contribution in [3.05, 3.63) is 16.1 Å². The number of amides is 1. The van der Waals surface area contributed by atoms with Crippen molar-refractivity contribution >= 4 is 17.2 Å². The molecule has 18 heavy (non-hydrogen) atoms.